The van der Waals surface area contributed by atoms with E-state index in [-0.39, 0.29) is 0 Å². The molecule has 0 N–H and O–H groups in total. The summed E-state index contributed by atoms with van der Waals surface area (Å²) in [6, 6.07) is 4.13. The molecule has 0 aromatic heterocycles. The van der Waals surface area contributed by atoms with Crippen LogP contribution in [0.3, 0.4) is 0 Å². The number of piperazine rings is 1. The zero-order valence-electron chi connectivity index (χ0n) is 14.4. The normalized spacial score (nSPS) is 17.2. The summed E-state index contributed by atoms with van der Waals surface area (Å²) in [6.07, 6.45) is 1.07. The summed E-state index contributed by atoms with van der Waals surface area (Å²) < 4.78 is 6.05. The highest BCUT2D eigenvalue weighted by Gasteiger charge is 2.14. The van der Waals surface area contributed by atoms with Crippen LogP contribution in [0.4, 0.5) is 0 Å². The highest BCUT2D eigenvalue weighted by Crippen LogP contribution is 2.32. The molecular weight excluding hydrogens is 296 g/mol. The Labute approximate surface area is 140 Å². The molecule has 0 saturated carbocycles. The Hall–Kier alpha value is -0.770. The molecule has 0 unspecified atom stereocenters. The van der Waals surface area contributed by atoms with Crippen molar-refractivity contribution in [2.45, 2.75) is 33.1 Å². The average Bonchev–Trinajstić information content (AvgIpc) is 2.48. The zero-order valence-corrected chi connectivity index (χ0v) is 15.1. The number of hydrogen-bond acceptors (Lipinski definition) is 3. The van der Waals surface area contributed by atoms with E-state index in [1.807, 2.05) is 6.92 Å². The highest BCUT2D eigenvalue weighted by molar-refractivity contribution is 6.31. The number of aryl methyl sites for hydroxylation is 1. The van der Waals surface area contributed by atoms with Crippen LogP contribution in [0.25, 0.3) is 0 Å². The standard InChI is InChI=1S/C18H29ClN2O/c1-14(2)16-13-17(19)15(3)12-18(16)22-11-5-6-21-9-7-20(4)8-10-21/h12-14H,5-11H2,1-4H3. The molecule has 1 saturated heterocycles. The summed E-state index contributed by atoms with van der Waals surface area (Å²) in [5, 5.41) is 0.827. The van der Waals surface area contributed by atoms with E-state index in [0.29, 0.717) is 5.92 Å². The van der Waals surface area contributed by atoms with E-state index in [9.17, 15) is 0 Å². The maximum absolute atomic E-state index is 6.24. The van der Waals surface area contributed by atoms with Gasteiger partial charge in [-0.2, -0.15) is 0 Å². The van der Waals surface area contributed by atoms with Crippen LogP contribution < -0.4 is 4.74 Å². The largest absolute Gasteiger partial charge is 0.493 e. The Morgan fingerprint density at radius 2 is 1.86 bits per heavy atom. The number of nitrogens with zero attached hydrogens (tertiary/aromatic N) is 2. The molecule has 3 nitrogen and oxygen atoms in total. The number of likely N-dealkylation sites (N-methyl/N-ethyl adjacent to an activating group) is 1. The number of halogens is 1. The fraction of sp³-hybridized carbons (Fsp3) is 0.667. The molecule has 1 aromatic carbocycles. The molecule has 1 aliphatic rings. The summed E-state index contributed by atoms with van der Waals surface area (Å²) in [6.45, 7) is 13.0. The van der Waals surface area contributed by atoms with Gasteiger partial charge in [-0.1, -0.05) is 25.4 Å². The molecule has 0 atom stereocenters. The van der Waals surface area contributed by atoms with Crippen molar-refractivity contribution < 1.29 is 4.74 Å². The van der Waals surface area contributed by atoms with Gasteiger partial charge in [0.2, 0.25) is 0 Å². The second-order valence-corrected chi connectivity index (χ2v) is 7.05. The van der Waals surface area contributed by atoms with Crippen molar-refractivity contribution in [3.8, 4) is 5.75 Å². The smallest absolute Gasteiger partial charge is 0.123 e. The van der Waals surface area contributed by atoms with Gasteiger partial charge in [-0.25, -0.2) is 0 Å². The molecule has 1 aliphatic heterocycles. The Morgan fingerprint density at radius 3 is 2.50 bits per heavy atom. The number of ether oxygens (including phenoxy) is 1. The fourth-order valence-corrected chi connectivity index (χ4v) is 2.96. The molecule has 124 valence electrons. The van der Waals surface area contributed by atoms with E-state index in [1.54, 1.807) is 0 Å². The second kappa shape index (κ2) is 8.19. The SMILES string of the molecule is Cc1cc(OCCCN2CCN(C)CC2)c(C(C)C)cc1Cl. The van der Waals surface area contributed by atoms with E-state index in [2.05, 4.69) is 42.8 Å². The van der Waals surface area contributed by atoms with Gasteiger partial charge >= 0.3 is 0 Å². The van der Waals surface area contributed by atoms with Crippen molar-refractivity contribution in [2.24, 2.45) is 0 Å². The van der Waals surface area contributed by atoms with Gasteiger partial charge in [-0.3, -0.25) is 0 Å². The molecule has 0 spiro atoms. The van der Waals surface area contributed by atoms with Crippen molar-refractivity contribution in [3.63, 3.8) is 0 Å². The third-order valence-corrected chi connectivity index (χ3v) is 4.79. The molecule has 0 aliphatic carbocycles. The summed E-state index contributed by atoms with van der Waals surface area (Å²) in [5.74, 6) is 1.42. The first-order chi connectivity index (χ1) is 10.5. The molecule has 0 bridgehead atoms. The fourth-order valence-electron chi connectivity index (χ4n) is 2.79. The van der Waals surface area contributed by atoms with Crippen LogP contribution in [-0.4, -0.2) is 56.2 Å². The van der Waals surface area contributed by atoms with Gasteiger partial charge < -0.3 is 14.5 Å². The maximum Gasteiger partial charge on any atom is 0.123 e. The third-order valence-electron chi connectivity index (χ3n) is 4.39. The topological polar surface area (TPSA) is 15.7 Å². The predicted molar refractivity (Wildman–Crippen MR) is 94.3 cm³/mol. The minimum absolute atomic E-state index is 0.422. The molecule has 1 heterocycles. The van der Waals surface area contributed by atoms with E-state index < -0.39 is 0 Å². The molecule has 1 fully saturated rings. The Morgan fingerprint density at radius 1 is 1.18 bits per heavy atom. The highest BCUT2D eigenvalue weighted by atomic mass is 35.5. The summed E-state index contributed by atoms with van der Waals surface area (Å²) in [7, 11) is 2.19. The van der Waals surface area contributed by atoms with Crippen molar-refractivity contribution in [1.29, 1.82) is 0 Å². The third kappa shape index (κ3) is 4.87. The molecule has 1 aromatic rings. The minimum Gasteiger partial charge on any atom is -0.493 e. The van der Waals surface area contributed by atoms with Gasteiger partial charge in [-0.15, -0.1) is 0 Å². The molecular formula is C18H29ClN2O. The van der Waals surface area contributed by atoms with Crippen LogP contribution in [0, 0.1) is 6.92 Å². The maximum atomic E-state index is 6.24. The monoisotopic (exact) mass is 324 g/mol. The molecule has 0 radical (unpaired) electrons. The lowest BCUT2D eigenvalue weighted by molar-refractivity contribution is 0.145. The van der Waals surface area contributed by atoms with Gasteiger partial charge in [0, 0.05) is 37.7 Å². The first kappa shape index (κ1) is 17.6. The van der Waals surface area contributed by atoms with Gasteiger partial charge in [0.1, 0.15) is 5.75 Å². The Balaban J connectivity index is 1.82. The van der Waals surface area contributed by atoms with Crippen molar-refractivity contribution in [2.75, 3.05) is 46.4 Å². The predicted octanol–water partition coefficient (Wildman–Crippen LogP) is 3.79. The van der Waals surface area contributed by atoms with E-state index >= 15 is 0 Å². The summed E-state index contributed by atoms with van der Waals surface area (Å²) in [5.41, 5.74) is 2.29. The summed E-state index contributed by atoms with van der Waals surface area (Å²) >= 11 is 6.24. The van der Waals surface area contributed by atoms with Crippen molar-refractivity contribution >= 4 is 11.6 Å². The second-order valence-electron chi connectivity index (χ2n) is 6.64. The number of hydrogen-bond donors (Lipinski definition) is 0. The first-order valence-corrected chi connectivity index (χ1v) is 8.69. The first-order valence-electron chi connectivity index (χ1n) is 8.31. The van der Waals surface area contributed by atoms with Crippen LogP contribution >= 0.6 is 11.6 Å². The Bertz CT molecular complexity index is 482. The van der Waals surface area contributed by atoms with Crippen LogP contribution in [-0.2, 0) is 0 Å². The van der Waals surface area contributed by atoms with E-state index in [0.717, 1.165) is 35.9 Å². The lowest BCUT2D eigenvalue weighted by Crippen LogP contribution is -2.44. The minimum atomic E-state index is 0.422. The van der Waals surface area contributed by atoms with Crippen molar-refractivity contribution in [3.05, 3.63) is 28.3 Å². The van der Waals surface area contributed by atoms with Crippen LogP contribution in [0.1, 0.15) is 37.3 Å². The molecule has 22 heavy (non-hydrogen) atoms. The molecule has 2 rings (SSSR count). The molecule has 0 amide bonds. The lowest BCUT2D eigenvalue weighted by Gasteiger charge is -2.32. The molecule has 4 heteroatoms. The lowest BCUT2D eigenvalue weighted by atomic mass is 10.0. The van der Waals surface area contributed by atoms with Crippen LogP contribution in [0.5, 0.6) is 5.75 Å². The average molecular weight is 325 g/mol. The number of benzene rings is 1. The van der Waals surface area contributed by atoms with Gasteiger partial charge in [-0.05, 0) is 49.6 Å². The Kier molecular flexibility index (Phi) is 6.54. The van der Waals surface area contributed by atoms with E-state index in [1.165, 1.54) is 31.7 Å². The van der Waals surface area contributed by atoms with Gasteiger partial charge in [0.15, 0.2) is 0 Å². The quantitative estimate of drug-likeness (QED) is 0.740. The number of rotatable bonds is 6. The van der Waals surface area contributed by atoms with Crippen LogP contribution in [0.2, 0.25) is 5.02 Å². The van der Waals surface area contributed by atoms with Gasteiger partial charge in [0.05, 0.1) is 6.61 Å². The van der Waals surface area contributed by atoms with Crippen LogP contribution in [0.15, 0.2) is 12.1 Å². The zero-order chi connectivity index (χ0) is 16.1. The van der Waals surface area contributed by atoms with Crippen molar-refractivity contribution in [1.82, 2.24) is 9.80 Å². The van der Waals surface area contributed by atoms with Gasteiger partial charge in [0.25, 0.3) is 0 Å². The summed E-state index contributed by atoms with van der Waals surface area (Å²) in [4.78, 5) is 4.91. The van der Waals surface area contributed by atoms with E-state index in [4.69, 9.17) is 16.3 Å².